The maximum atomic E-state index is 15.2. The number of halogens is 1. The van der Waals surface area contributed by atoms with E-state index in [-0.39, 0.29) is 17.0 Å². The molecule has 39 heavy (non-hydrogen) atoms. The van der Waals surface area contributed by atoms with Crippen LogP contribution in [-0.2, 0) is 9.53 Å². The Bertz CT molecular complexity index is 1410. The van der Waals surface area contributed by atoms with E-state index in [2.05, 4.69) is 0 Å². The van der Waals surface area contributed by atoms with Crippen LogP contribution in [-0.4, -0.2) is 70.0 Å². The van der Waals surface area contributed by atoms with Crippen molar-refractivity contribution in [3.63, 3.8) is 0 Å². The average molecular weight is 542 g/mol. The van der Waals surface area contributed by atoms with Gasteiger partial charge in [-0.1, -0.05) is 6.08 Å². The summed E-state index contributed by atoms with van der Waals surface area (Å²) in [5, 5.41) is 19.0. The van der Waals surface area contributed by atoms with E-state index in [1.165, 1.54) is 6.20 Å². The van der Waals surface area contributed by atoms with Crippen molar-refractivity contribution in [2.24, 2.45) is 5.41 Å². The van der Waals surface area contributed by atoms with Gasteiger partial charge in [0.25, 0.3) is 0 Å². The summed E-state index contributed by atoms with van der Waals surface area (Å²) in [5.41, 5.74) is -1.15. The zero-order valence-corrected chi connectivity index (χ0v) is 21.8. The van der Waals surface area contributed by atoms with Crippen LogP contribution in [0, 0.1) is 11.2 Å². The zero-order valence-electron chi connectivity index (χ0n) is 21.8. The van der Waals surface area contributed by atoms with Crippen molar-refractivity contribution < 1.29 is 33.7 Å². The van der Waals surface area contributed by atoms with Gasteiger partial charge in [0, 0.05) is 43.8 Å². The van der Waals surface area contributed by atoms with Gasteiger partial charge in [0.15, 0.2) is 0 Å². The minimum Gasteiger partial charge on any atom is -0.481 e. The van der Waals surface area contributed by atoms with Crippen LogP contribution in [0.15, 0.2) is 35.3 Å². The molecule has 2 N–H and O–H groups in total. The predicted molar refractivity (Wildman–Crippen MR) is 141 cm³/mol. The summed E-state index contributed by atoms with van der Waals surface area (Å²) in [6.07, 6.45) is 7.68. The standard InChI is InChI=1S/C28H32FN3O7/c1-28(26(36)37)8-3-2-4-18(7-9-28)39-27(38)31-12-10-30(11-13-31)23-15-22-19(14-21(23)29)24(33)20(25(34)35)16-32(22)17-5-6-17/h2,4,14-18H,3,5-13H2,1H3,(H,34,35)(H,36,37)/b4-2+/t18-,28+/m0/s1. The van der Waals surface area contributed by atoms with Crippen molar-refractivity contribution in [1.82, 2.24) is 9.47 Å². The summed E-state index contributed by atoms with van der Waals surface area (Å²) in [5.74, 6) is -2.81. The van der Waals surface area contributed by atoms with Crippen LogP contribution in [0.4, 0.5) is 14.9 Å². The molecule has 1 aromatic carbocycles. The fraction of sp³-hybridized carbons (Fsp3) is 0.500. The first-order valence-corrected chi connectivity index (χ1v) is 13.3. The minimum absolute atomic E-state index is 0.0384. The molecule has 1 aromatic heterocycles. The van der Waals surface area contributed by atoms with Crippen molar-refractivity contribution in [3.8, 4) is 0 Å². The van der Waals surface area contributed by atoms with Crippen LogP contribution in [0.1, 0.15) is 61.8 Å². The molecule has 2 aliphatic carbocycles. The Morgan fingerprint density at radius 1 is 1.05 bits per heavy atom. The molecule has 1 amide bonds. The zero-order chi connectivity index (χ0) is 27.9. The van der Waals surface area contributed by atoms with Crippen LogP contribution in [0.25, 0.3) is 10.9 Å². The number of benzene rings is 1. The maximum Gasteiger partial charge on any atom is 0.410 e. The predicted octanol–water partition coefficient (Wildman–Crippen LogP) is 4.02. The van der Waals surface area contributed by atoms with E-state index < -0.39 is 40.8 Å². The second kappa shape index (κ2) is 10.3. The SMILES string of the molecule is C[C@@]1(C(=O)O)CC/C=C/[C@H](OC(=O)N2CCN(c3cc4c(cc3F)c(=O)c(C(=O)O)cn4C3CC3)CC2)CC1. The molecule has 0 radical (unpaired) electrons. The average Bonchev–Trinajstić information content (AvgIpc) is 3.74. The number of carboxylic acid groups (broad SMARTS) is 2. The van der Waals surface area contributed by atoms with Gasteiger partial charge in [0.2, 0.25) is 5.43 Å². The highest BCUT2D eigenvalue weighted by atomic mass is 19.1. The van der Waals surface area contributed by atoms with Gasteiger partial charge in [0.05, 0.1) is 16.6 Å². The number of aromatic carboxylic acids is 1. The quantitative estimate of drug-likeness (QED) is 0.543. The molecule has 10 nitrogen and oxygen atoms in total. The monoisotopic (exact) mass is 541 g/mol. The number of pyridine rings is 1. The summed E-state index contributed by atoms with van der Waals surface area (Å²) >= 11 is 0. The molecule has 11 heteroatoms. The number of fused-ring (bicyclic) bond motifs is 1. The Kier molecular flexibility index (Phi) is 7.09. The van der Waals surface area contributed by atoms with E-state index >= 15 is 4.39 Å². The number of carbonyl (C=O) groups excluding carboxylic acids is 1. The smallest absolute Gasteiger partial charge is 0.410 e. The van der Waals surface area contributed by atoms with Gasteiger partial charge >= 0.3 is 18.0 Å². The molecular formula is C28H32FN3O7. The van der Waals surface area contributed by atoms with Gasteiger partial charge in [-0.05, 0) is 63.7 Å². The second-order valence-electron chi connectivity index (χ2n) is 10.9. The third kappa shape index (κ3) is 5.35. The highest BCUT2D eigenvalue weighted by Crippen LogP contribution is 2.38. The Morgan fingerprint density at radius 3 is 2.41 bits per heavy atom. The van der Waals surface area contributed by atoms with Crippen LogP contribution in [0.3, 0.4) is 0 Å². The molecule has 0 unspecified atom stereocenters. The first-order valence-electron chi connectivity index (χ1n) is 13.3. The molecule has 0 bridgehead atoms. The molecule has 0 spiro atoms. The maximum absolute atomic E-state index is 15.2. The van der Waals surface area contributed by atoms with Gasteiger partial charge in [-0.3, -0.25) is 9.59 Å². The van der Waals surface area contributed by atoms with Crippen molar-refractivity contribution in [2.45, 2.75) is 57.6 Å². The number of allylic oxidation sites excluding steroid dienone is 1. The Hall–Kier alpha value is -3.89. The third-order valence-corrected chi connectivity index (χ3v) is 8.11. The van der Waals surface area contributed by atoms with E-state index in [0.29, 0.717) is 63.1 Å². The molecule has 2 atom stereocenters. The Morgan fingerprint density at radius 2 is 1.77 bits per heavy atom. The lowest BCUT2D eigenvalue weighted by Gasteiger charge is -2.36. The molecule has 2 heterocycles. The molecule has 2 fully saturated rings. The molecule has 2 aromatic rings. The lowest BCUT2D eigenvalue weighted by Crippen LogP contribution is -2.49. The first-order chi connectivity index (χ1) is 18.6. The summed E-state index contributed by atoms with van der Waals surface area (Å²) < 4.78 is 22.7. The number of hydrogen-bond donors (Lipinski definition) is 2. The van der Waals surface area contributed by atoms with Gasteiger partial charge < -0.3 is 29.3 Å². The van der Waals surface area contributed by atoms with Crippen molar-refractivity contribution in [2.75, 3.05) is 31.1 Å². The fourth-order valence-corrected chi connectivity index (χ4v) is 5.39. The summed E-state index contributed by atoms with van der Waals surface area (Å²) in [4.78, 5) is 52.2. The van der Waals surface area contributed by atoms with E-state index in [1.54, 1.807) is 27.4 Å². The normalized spacial score (nSPS) is 24.6. The lowest BCUT2D eigenvalue weighted by atomic mass is 9.79. The number of carbonyl (C=O) groups is 3. The lowest BCUT2D eigenvalue weighted by molar-refractivity contribution is -0.149. The minimum atomic E-state index is -1.34. The fourth-order valence-electron chi connectivity index (χ4n) is 5.39. The topological polar surface area (TPSA) is 129 Å². The molecule has 1 saturated carbocycles. The molecule has 1 aliphatic heterocycles. The molecule has 3 aliphatic rings. The van der Waals surface area contributed by atoms with Crippen molar-refractivity contribution >= 4 is 34.6 Å². The van der Waals surface area contributed by atoms with Crippen LogP contribution < -0.4 is 10.3 Å². The number of ether oxygens (including phenoxy) is 1. The van der Waals surface area contributed by atoms with E-state index in [1.807, 2.05) is 12.2 Å². The Labute approximate surface area is 224 Å². The number of aliphatic carboxylic acids is 1. The van der Waals surface area contributed by atoms with Crippen LogP contribution in [0.5, 0.6) is 0 Å². The van der Waals surface area contributed by atoms with Crippen molar-refractivity contribution in [1.29, 1.82) is 0 Å². The van der Waals surface area contributed by atoms with Gasteiger partial charge in [-0.2, -0.15) is 0 Å². The van der Waals surface area contributed by atoms with Crippen LogP contribution >= 0.6 is 0 Å². The molecule has 1 saturated heterocycles. The Balaban J connectivity index is 1.28. The van der Waals surface area contributed by atoms with Gasteiger partial charge in [0.1, 0.15) is 17.5 Å². The highest BCUT2D eigenvalue weighted by molar-refractivity contribution is 5.93. The highest BCUT2D eigenvalue weighted by Gasteiger charge is 2.35. The van der Waals surface area contributed by atoms with Gasteiger partial charge in [-0.15, -0.1) is 0 Å². The van der Waals surface area contributed by atoms with E-state index in [0.717, 1.165) is 18.9 Å². The number of nitrogens with zero attached hydrogens (tertiary/aromatic N) is 3. The number of carboxylic acids is 2. The largest absolute Gasteiger partial charge is 0.481 e. The third-order valence-electron chi connectivity index (χ3n) is 8.11. The number of rotatable bonds is 5. The van der Waals surface area contributed by atoms with Crippen molar-refractivity contribution in [3.05, 3.63) is 52.1 Å². The number of amides is 1. The van der Waals surface area contributed by atoms with Crippen LogP contribution in [0.2, 0.25) is 0 Å². The molecular weight excluding hydrogens is 509 g/mol. The summed E-state index contributed by atoms with van der Waals surface area (Å²) in [6, 6.07) is 2.79. The number of anilines is 1. The first kappa shape index (κ1) is 26.7. The van der Waals surface area contributed by atoms with Gasteiger partial charge in [-0.25, -0.2) is 14.0 Å². The second-order valence-corrected chi connectivity index (χ2v) is 10.9. The molecule has 208 valence electrons. The summed E-state index contributed by atoms with van der Waals surface area (Å²) in [6.45, 7) is 3.00. The van der Waals surface area contributed by atoms with E-state index in [9.17, 15) is 29.4 Å². The summed E-state index contributed by atoms with van der Waals surface area (Å²) in [7, 11) is 0. The molecule has 5 rings (SSSR count). The number of aromatic nitrogens is 1. The number of hydrogen-bond acceptors (Lipinski definition) is 6. The number of piperazine rings is 1. The van der Waals surface area contributed by atoms with E-state index in [4.69, 9.17) is 4.74 Å².